The molecule has 0 fully saturated rings. The number of rotatable bonds is 3. The van der Waals surface area contributed by atoms with Crippen molar-refractivity contribution in [3.8, 4) is 6.07 Å². The molecule has 0 aliphatic carbocycles. The van der Waals surface area contributed by atoms with Crippen LogP contribution in [0.5, 0.6) is 0 Å². The van der Waals surface area contributed by atoms with Crippen LogP contribution in [0, 0.1) is 24.1 Å². The van der Waals surface area contributed by atoms with E-state index >= 15 is 0 Å². The summed E-state index contributed by atoms with van der Waals surface area (Å²) >= 11 is 1.42. The van der Waals surface area contributed by atoms with Gasteiger partial charge >= 0.3 is 0 Å². The molecular formula is C12H10FN3S. The van der Waals surface area contributed by atoms with Gasteiger partial charge in [0.2, 0.25) is 0 Å². The fraction of sp³-hybridized carbons (Fsp3) is 0.167. The molecule has 1 unspecified atom stereocenters. The highest BCUT2D eigenvalue weighted by Crippen LogP contribution is 2.20. The third-order valence-corrected chi connectivity index (χ3v) is 2.83. The van der Waals surface area contributed by atoms with Crippen molar-refractivity contribution >= 4 is 17.0 Å². The largest absolute Gasteiger partial charge is 0.365 e. The van der Waals surface area contributed by atoms with E-state index in [-0.39, 0.29) is 5.82 Å². The predicted molar refractivity (Wildman–Crippen MR) is 65.2 cm³/mol. The number of nitriles is 1. The first kappa shape index (κ1) is 11.6. The Morgan fingerprint density at radius 1 is 1.47 bits per heavy atom. The first-order valence-electron chi connectivity index (χ1n) is 5.00. The van der Waals surface area contributed by atoms with Gasteiger partial charge in [0.05, 0.1) is 17.3 Å². The second kappa shape index (κ2) is 4.93. The van der Waals surface area contributed by atoms with Crippen molar-refractivity contribution < 1.29 is 4.39 Å². The van der Waals surface area contributed by atoms with Crippen LogP contribution in [0.2, 0.25) is 0 Å². The Bertz CT molecular complexity index is 525. The number of anilines is 1. The van der Waals surface area contributed by atoms with E-state index in [0.29, 0.717) is 11.4 Å². The van der Waals surface area contributed by atoms with Crippen LogP contribution in [0.15, 0.2) is 29.1 Å². The van der Waals surface area contributed by atoms with Gasteiger partial charge in [-0.2, -0.15) is 5.26 Å². The number of thiazole rings is 1. The molecular weight excluding hydrogens is 237 g/mol. The number of aromatic nitrogens is 1. The van der Waals surface area contributed by atoms with Crippen molar-refractivity contribution in [1.29, 1.82) is 5.26 Å². The van der Waals surface area contributed by atoms with Crippen molar-refractivity contribution in [3.05, 3.63) is 46.2 Å². The van der Waals surface area contributed by atoms with E-state index in [1.165, 1.54) is 23.5 Å². The van der Waals surface area contributed by atoms with Crippen LogP contribution < -0.4 is 5.32 Å². The lowest BCUT2D eigenvalue weighted by atomic mass is 10.2. The Kier molecular flexibility index (Phi) is 3.35. The van der Waals surface area contributed by atoms with E-state index in [1.54, 1.807) is 23.9 Å². The Morgan fingerprint density at radius 2 is 2.29 bits per heavy atom. The lowest BCUT2D eigenvalue weighted by Crippen LogP contribution is -2.09. The lowest BCUT2D eigenvalue weighted by Gasteiger charge is -2.11. The first-order chi connectivity index (χ1) is 8.19. The molecule has 1 heterocycles. The molecule has 1 aromatic carbocycles. The highest BCUT2D eigenvalue weighted by Gasteiger charge is 2.12. The highest BCUT2D eigenvalue weighted by molar-refractivity contribution is 7.07. The van der Waals surface area contributed by atoms with Gasteiger partial charge in [-0.15, -0.1) is 11.3 Å². The van der Waals surface area contributed by atoms with E-state index in [0.717, 1.165) is 5.56 Å². The monoisotopic (exact) mass is 247 g/mol. The van der Waals surface area contributed by atoms with Gasteiger partial charge in [-0.1, -0.05) is 0 Å². The van der Waals surface area contributed by atoms with Crippen molar-refractivity contribution in [2.45, 2.75) is 13.0 Å². The van der Waals surface area contributed by atoms with Crippen LogP contribution in [0.4, 0.5) is 10.1 Å². The quantitative estimate of drug-likeness (QED) is 0.905. The van der Waals surface area contributed by atoms with Gasteiger partial charge in [0.25, 0.3) is 0 Å². The minimum absolute atomic E-state index is 0.317. The Hall–Kier alpha value is -1.93. The minimum Gasteiger partial charge on any atom is -0.365 e. The molecule has 2 rings (SSSR count). The van der Waals surface area contributed by atoms with Crippen molar-refractivity contribution in [3.63, 3.8) is 0 Å². The van der Waals surface area contributed by atoms with E-state index in [9.17, 15) is 4.39 Å². The molecule has 0 radical (unpaired) electrons. The fourth-order valence-corrected chi connectivity index (χ4v) is 2.10. The summed E-state index contributed by atoms with van der Waals surface area (Å²) < 4.78 is 13.2. The van der Waals surface area contributed by atoms with E-state index < -0.39 is 6.04 Å². The number of aryl methyl sites for hydroxylation is 1. The van der Waals surface area contributed by atoms with Gasteiger partial charge in [0, 0.05) is 11.1 Å². The van der Waals surface area contributed by atoms with Gasteiger partial charge in [-0.3, -0.25) is 0 Å². The standard InChI is InChI=1S/C12H10FN3S/c1-8-2-9(13)4-10(3-8)16-11(5-14)12-6-17-7-15-12/h2-4,6-7,11,16H,1H3. The maximum Gasteiger partial charge on any atom is 0.158 e. The summed E-state index contributed by atoms with van der Waals surface area (Å²) in [7, 11) is 0. The fourth-order valence-electron chi connectivity index (χ4n) is 1.52. The van der Waals surface area contributed by atoms with Crippen LogP contribution in [0.25, 0.3) is 0 Å². The van der Waals surface area contributed by atoms with Gasteiger partial charge in [-0.25, -0.2) is 9.37 Å². The third kappa shape index (κ3) is 2.80. The summed E-state index contributed by atoms with van der Waals surface area (Å²) in [6, 6.07) is 6.15. The molecule has 0 amide bonds. The van der Waals surface area contributed by atoms with Gasteiger partial charge in [-0.05, 0) is 30.7 Å². The summed E-state index contributed by atoms with van der Waals surface area (Å²) in [6.45, 7) is 1.80. The maximum absolute atomic E-state index is 13.2. The number of benzene rings is 1. The second-order valence-corrected chi connectivity index (χ2v) is 4.36. The topological polar surface area (TPSA) is 48.7 Å². The average molecular weight is 247 g/mol. The van der Waals surface area contributed by atoms with E-state index in [1.807, 2.05) is 0 Å². The summed E-state index contributed by atoms with van der Waals surface area (Å²) in [5.41, 5.74) is 3.71. The Balaban J connectivity index is 2.22. The molecule has 2 aromatic rings. The number of nitrogens with zero attached hydrogens (tertiary/aromatic N) is 2. The van der Waals surface area contributed by atoms with Crippen LogP contribution >= 0.6 is 11.3 Å². The molecule has 0 saturated heterocycles. The lowest BCUT2D eigenvalue weighted by molar-refractivity contribution is 0.627. The van der Waals surface area contributed by atoms with Gasteiger partial charge < -0.3 is 5.32 Å². The zero-order chi connectivity index (χ0) is 12.3. The van der Waals surface area contributed by atoms with Gasteiger partial charge in [0.1, 0.15) is 5.82 Å². The number of nitrogens with one attached hydrogen (secondary N) is 1. The smallest absolute Gasteiger partial charge is 0.158 e. The van der Waals surface area contributed by atoms with E-state index in [2.05, 4.69) is 16.4 Å². The molecule has 86 valence electrons. The SMILES string of the molecule is Cc1cc(F)cc(NC(C#N)c2cscn2)c1. The van der Waals surface area contributed by atoms with Crippen LogP contribution in [-0.4, -0.2) is 4.98 Å². The average Bonchev–Trinajstić information content (AvgIpc) is 2.77. The third-order valence-electron chi connectivity index (χ3n) is 2.23. The summed E-state index contributed by atoms with van der Waals surface area (Å²) in [6.07, 6.45) is 0. The van der Waals surface area contributed by atoms with Crippen LogP contribution in [0.1, 0.15) is 17.3 Å². The number of halogens is 1. The zero-order valence-corrected chi connectivity index (χ0v) is 9.96. The maximum atomic E-state index is 13.2. The minimum atomic E-state index is -0.553. The molecule has 0 spiro atoms. The summed E-state index contributed by atoms with van der Waals surface area (Å²) in [5.74, 6) is -0.317. The van der Waals surface area contributed by atoms with Crippen molar-refractivity contribution in [2.75, 3.05) is 5.32 Å². The number of hydrogen-bond donors (Lipinski definition) is 1. The molecule has 5 heteroatoms. The molecule has 1 aromatic heterocycles. The van der Waals surface area contributed by atoms with Crippen molar-refractivity contribution in [2.24, 2.45) is 0 Å². The van der Waals surface area contributed by atoms with Crippen LogP contribution in [0.3, 0.4) is 0 Å². The second-order valence-electron chi connectivity index (χ2n) is 3.64. The van der Waals surface area contributed by atoms with E-state index in [4.69, 9.17) is 5.26 Å². The summed E-state index contributed by atoms with van der Waals surface area (Å²) in [4.78, 5) is 4.07. The predicted octanol–water partition coefficient (Wildman–Crippen LogP) is 3.27. The molecule has 0 aliphatic heterocycles. The molecule has 3 nitrogen and oxygen atoms in total. The normalized spacial score (nSPS) is 11.8. The van der Waals surface area contributed by atoms with Crippen molar-refractivity contribution in [1.82, 2.24) is 4.98 Å². The molecule has 17 heavy (non-hydrogen) atoms. The number of hydrogen-bond acceptors (Lipinski definition) is 4. The van der Waals surface area contributed by atoms with Crippen LogP contribution in [-0.2, 0) is 0 Å². The molecule has 1 N–H and O–H groups in total. The first-order valence-corrected chi connectivity index (χ1v) is 5.95. The molecule has 0 aliphatic rings. The Labute approximate surface area is 103 Å². The molecule has 0 saturated carbocycles. The highest BCUT2D eigenvalue weighted by atomic mass is 32.1. The molecule has 1 atom stereocenters. The zero-order valence-electron chi connectivity index (χ0n) is 9.14. The van der Waals surface area contributed by atoms with Gasteiger partial charge in [0.15, 0.2) is 6.04 Å². The molecule has 0 bridgehead atoms. The summed E-state index contributed by atoms with van der Waals surface area (Å²) in [5, 5.41) is 13.8. The Morgan fingerprint density at radius 3 is 2.88 bits per heavy atom.